The summed E-state index contributed by atoms with van der Waals surface area (Å²) in [5.41, 5.74) is 0.362. The fourth-order valence-electron chi connectivity index (χ4n) is 3.34. The van der Waals surface area contributed by atoms with Crippen molar-refractivity contribution in [3.63, 3.8) is 0 Å². The van der Waals surface area contributed by atoms with Gasteiger partial charge in [-0.15, -0.1) is 0 Å². The summed E-state index contributed by atoms with van der Waals surface area (Å²) in [6.45, 7) is 3.43. The molecule has 2 rings (SSSR count). The van der Waals surface area contributed by atoms with E-state index in [4.69, 9.17) is 11.6 Å². The lowest BCUT2D eigenvalue weighted by molar-refractivity contribution is -0.140. The Morgan fingerprint density at radius 3 is 2.30 bits per heavy atom. The van der Waals surface area contributed by atoms with Crippen LogP contribution in [0.3, 0.4) is 0 Å². The van der Waals surface area contributed by atoms with Gasteiger partial charge in [0, 0.05) is 18.1 Å². The summed E-state index contributed by atoms with van der Waals surface area (Å²) >= 11 is 6.28. The molecule has 2 amide bonds. The second kappa shape index (κ2) is 12.0. The molecule has 0 aliphatic rings. The van der Waals surface area contributed by atoms with Crippen molar-refractivity contribution in [2.75, 3.05) is 23.7 Å². The topological polar surface area (TPSA) is 86.8 Å². The minimum atomic E-state index is -4.00. The van der Waals surface area contributed by atoms with E-state index in [9.17, 15) is 22.4 Å². The fraction of sp³-hybridized carbons (Fsp3) is 0.391. The molecule has 10 heteroatoms. The zero-order valence-electron chi connectivity index (χ0n) is 18.9. The molecule has 180 valence electrons. The van der Waals surface area contributed by atoms with Crippen molar-refractivity contribution in [2.24, 2.45) is 0 Å². The quantitative estimate of drug-likeness (QED) is 0.514. The largest absolute Gasteiger partial charge is 0.354 e. The molecule has 1 unspecified atom stereocenters. The Hall–Kier alpha value is -2.65. The standard InChI is InChI=1S/C23H29ClFN3O4S/c1-4-14-26-23(30)20(5-2)27(15-17-10-6-7-11-18(17)24)22(29)16-28(33(3,31)32)21-13-9-8-12-19(21)25/h6-13,20H,4-5,14-16H2,1-3H3,(H,26,30). The molecule has 0 aromatic heterocycles. The highest BCUT2D eigenvalue weighted by atomic mass is 35.5. The van der Waals surface area contributed by atoms with Crippen LogP contribution in [0, 0.1) is 5.82 Å². The molecule has 0 saturated heterocycles. The van der Waals surface area contributed by atoms with Crippen LogP contribution in [0.4, 0.5) is 10.1 Å². The number of amides is 2. The highest BCUT2D eigenvalue weighted by Gasteiger charge is 2.32. The molecule has 0 heterocycles. The molecule has 0 aliphatic heterocycles. The minimum Gasteiger partial charge on any atom is -0.354 e. The number of halogens is 2. The number of benzene rings is 2. The number of hydrogen-bond donors (Lipinski definition) is 1. The molecule has 1 atom stereocenters. The highest BCUT2D eigenvalue weighted by molar-refractivity contribution is 7.92. The number of anilines is 1. The second-order valence-corrected chi connectivity index (χ2v) is 9.86. The van der Waals surface area contributed by atoms with Gasteiger partial charge in [-0.2, -0.15) is 0 Å². The van der Waals surface area contributed by atoms with Gasteiger partial charge in [-0.3, -0.25) is 13.9 Å². The van der Waals surface area contributed by atoms with Crippen molar-refractivity contribution >= 4 is 39.1 Å². The Morgan fingerprint density at radius 2 is 1.73 bits per heavy atom. The lowest BCUT2D eigenvalue weighted by Crippen LogP contribution is -2.52. The first-order chi connectivity index (χ1) is 15.6. The number of rotatable bonds is 11. The average molecular weight is 498 g/mol. The maximum absolute atomic E-state index is 14.4. The number of hydrogen-bond acceptors (Lipinski definition) is 4. The van der Waals surface area contributed by atoms with E-state index in [0.29, 0.717) is 27.9 Å². The lowest BCUT2D eigenvalue weighted by atomic mass is 10.1. The summed E-state index contributed by atoms with van der Waals surface area (Å²) in [5.74, 6) is -1.78. The van der Waals surface area contributed by atoms with E-state index in [-0.39, 0.29) is 18.1 Å². The van der Waals surface area contributed by atoms with Crippen LogP contribution in [0.1, 0.15) is 32.3 Å². The predicted molar refractivity (Wildman–Crippen MR) is 128 cm³/mol. The molecule has 1 N–H and O–H groups in total. The average Bonchev–Trinajstić information content (AvgIpc) is 2.76. The van der Waals surface area contributed by atoms with Gasteiger partial charge in [-0.05, 0) is 36.6 Å². The van der Waals surface area contributed by atoms with Crippen LogP contribution < -0.4 is 9.62 Å². The van der Waals surface area contributed by atoms with Gasteiger partial charge in [-0.1, -0.05) is 55.8 Å². The Morgan fingerprint density at radius 1 is 1.09 bits per heavy atom. The van der Waals surface area contributed by atoms with E-state index in [1.807, 2.05) is 6.92 Å². The zero-order valence-corrected chi connectivity index (χ0v) is 20.5. The van der Waals surface area contributed by atoms with E-state index in [1.54, 1.807) is 31.2 Å². The predicted octanol–water partition coefficient (Wildman–Crippen LogP) is 3.58. The van der Waals surface area contributed by atoms with Crippen LogP contribution in [0.5, 0.6) is 0 Å². The molecule has 7 nitrogen and oxygen atoms in total. The van der Waals surface area contributed by atoms with Gasteiger partial charge in [0.15, 0.2) is 0 Å². The SMILES string of the molecule is CCCNC(=O)C(CC)N(Cc1ccccc1Cl)C(=O)CN(c1ccccc1F)S(C)(=O)=O. The third-order valence-electron chi connectivity index (χ3n) is 5.03. The Kier molecular flexibility index (Phi) is 9.67. The Balaban J connectivity index is 2.45. The molecule has 0 spiro atoms. The van der Waals surface area contributed by atoms with Crippen LogP contribution in [0.15, 0.2) is 48.5 Å². The molecular formula is C23H29ClFN3O4S. The van der Waals surface area contributed by atoms with Gasteiger partial charge in [0.25, 0.3) is 0 Å². The molecule has 0 fully saturated rings. The van der Waals surface area contributed by atoms with E-state index < -0.39 is 34.3 Å². The van der Waals surface area contributed by atoms with E-state index in [0.717, 1.165) is 18.7 Å². The monoisotopic (exact) mass is 497 g/mol. The van der Waals surface area contributed by atoms with Crippen molar-refractivity contribution in [3.8, 4) is 0 Å². The fourth-order valence-corrected chi connectivity index (χ4v) is 4.39. The van der Waals surface area contributed by atoms with Crippen LogP contribution >= 0.6 is 11.6 Å². The molecule has 2 aromatic rings. The van der Waals surface area contributed by atoms with Crippen LogP contribution in [0.25, 0.3) is 0 Å². The summed E-state index contributed by atoms with van der Waals surface area (Å²) in [6, 6.07) is 11.3. The number of para-hydroxylation sites is 1. The number of carbonyl (C=O) groups is 2. The number of carbonyl (C=O) groups excluding carboxylic acids is 2. The summed E-state index contributed by atoms with van der Waals surface area (Å²) in [4.78, 5) is 27.6. The molecular weight excluding hydrogens is 469 g/mol. The molecule has 0 aliphatic carbocycles. The Bertz CT molecular complexity index is 1080. The second-order valence-electron chi connectivity index (χ2n) is 7.55. The number of nitrogens with one attached hydrogen (secondary N) is 1. The first kappa shape index (κ1) is 26.6. The summed E-state index contributed by atoms with van der Waals surface area (Å²) in [5, 5.41) is 3.20. The molecule has 2 aromatic carbocycles. The molecule has 0 saturated carbocycles. The first-order valence-corrected chi connectivity index (χ1v) is 12.9. The molecule has 0 bridgehead atoms. The minimum absolute atomic E-state index is 0.00850. The first-order valence-electron chi connectivity index (χ1n) is 10.6. The highest BCUT2D eigenvalue weighted by Crippen LogP contribution is 2.24. The summed E-state index contributed by atoms with van der Waals surface area (Å²) in [7, 11) is -4.00. The van der Waals surface area contributed by atoms with Crippen molar-refractivity contribution in [1.82, 2.24) is 10.2 Å². The van der Waals surface area contributed by atoms with Gasteiger partial charge in [0.05, 0.1) is 11.9 Å². The van der Waals surface area contributed by atoms with E-state index >= 15 is 0 Å². The van der Waals surface area contributed by atoms with Crippen molar-refractivity contribution in [2.45, 2.75) is 39.3 Å². The number of nitrogens with zero attached hydrogens (tertiary/aromatic N) is 2. The van der Waals surface area contributed by atoms with Gasteiger partial charge in [-0.25, -0.2) is 12.8 Å². The number of sulfonamides is 1. The Labute approximate surface area is 199 Å². The molecule has 33 heavy (non-hydrogen) atoms. The third-order valence-corrected chi connectivity index (χ3v) is 6.53. The zero-order chi connectivity index (χ0) is 24.6. The van der Waals surface area contributed by atoms with Gasteiger partial charge >= 0.3 is 0 Å². The van der Waals surface area contributed by atoms with Crippen LogP contribution in [0.2, 0.25) is 5.02 Å². The normalized spacial score (nSPS) is 12.2. The lowest BCUT2D eigenvalue weighted by Gasteiger charge is -2.33. The maximum Gasteiger partial charge on any atom is 0.244 e. The summed E-state index contributed by atoms with van der Waals surface area (Å²) in [6.07, 6.45) is 1.91. The molecule has 0 radical (unpaired) electrons. The van der Waals surface area contributed by atoms with E-state index in [1.165, 1.54) is 23.1 Å². The van der Waals surface area contributed by atoms with Crippen LogP contribution in [-0.4, -0.2) is 50.5 Å². The van der Waals surface area contributed by atoms with Crippen molar-refractivity contribution in [1.29, 1.82) is 0 Å². The maximum atomic E-state index is 14.4. The third kappa shape index (κ3) is 7.17. The van der Waals surface area contributed by atoms with Gasteiger partial charge in [0.1, 0.15) is 18.4 Å². The van der Waals surface area contributed by atoms with Gasteiger partial charge < -0.3 is 10.2 Å². The smallest absolute Gasteiger partial charge is 0.244 e. The van der Waals surface area contributed by atoms with E-state index in [2.05, 4.69) is 5.32 Å². The van der Waals surface area contributed by atoms with Crippen molar-refractivity contribution < 1.29 is 22.4 Å². The van der Waals surface area contributed by atoms with Gasteiger partial charge in [0.2, 0.25) is 21.8 Å². The van der Waals surface area contributed by atoms with Crippen molar-refractivity contribution in [3.05, 3.63) is 64.9 Å². The van der Waals surface area contributed by atoms with Crippen LogP contribution in [-0.2, 0) is 26.2 Å². The summed E-state index contributed by atoms with van der Waals surface area (Å²) < 4.78 is 40.0.